The smallest absolute Gasteiger partial charge is 0.257 e. The topological polar surface area (TPSA) is 89.2 Å². The molecule has 0 spiro atoms. The van der Waals surface area contributed by atoms with Gasteiger partial charge < -0.3 is 4.42 Å². The van der Waals surface area contributed by atoms with Crippen LogP contribution in [-0.4, -0.2) is 41.0 Å². The molecule has 166 valence electrons. The van der Waals surface area contributed by atoms with Crippen LogP contribution in [0.15, 0.2) is 38.7 Å². The maximum Gasteiger partial charge on any atom is 0.257 e. The van der Waals surface area contributed by atoms with Gasteiger partial charge >= 0.3 is 0 Å². The van der Waals surface area contributed by atoms with Crippen LogP contribution >= 0.6 is 23.1 Å². The predicted octanol–water partition coefficient (Wildman–Crippen LogP) is 4.92. The van der Waals surface area contributed by atoms with Gasteiger partial charge in [0.05, 0.1) is 15.7 Å². The number of hydrogen-bond donors (Lipinski definition) is 0. The van der Waals surface area contributed by atoms with Gasteiger partial charge in [0, 0.05) is 24.2 Å². The number of aromatic nitrogens is 3. The second kappa shape index (κ2) is 9.81. The van der Waals surface area contributed by atoms with Gasteiger partial charge in [-0.2, -0.15) is 4.31 Å². The molecule has 7 nitrogen and oxygen atoms in total. The van der Waals surface area contributed by atoms with Crippen LogP contribution < -0.4 is 0 Å². The summed E-state index contributed by atoms with van der Waals surface area (Å²) in [6, 6.07) is 5.46. The Hall–Kier alpha value is -1.75. The normalized spacial score (nSPS) is 15.8. The van der Waals surface area contributed by atoms with E-state index in [1.54, 1.807) is 27.8 Å². The summed E-state index contributed by atoms with van der Waals surface area (Å²) in [7, 11) is -3.48. The fraction of sp³-hybridized carbons (Fsp3) is 0.476. The number of hydrogen-bond acceptors (Lipinski definition) is 8. The van der Waals surface area contributed by atoms with E-state index in [2.05, 4.69) is 35.1 Å². The number of rotatable bonds is 7. The van der Waals surface area contributed by atoms with Crippen LogP contribution in [0.3, 0.4) is 0 Å². The van der Waals surface area contributed by atoms with Gasteiger partial charge in [-0.1, -0.05) is 31.5 Å². The molecule has 0 unspecified atom stereocenters. The van der Waals surface area contributed by atoms with Crippen LogP contribution in [0, 0.1) is 6.92 Å². The van der Waals surface area contributed by atoms with Gasteiger partial charge in [0.15, 0.2) is 0 Å². The maximum atomic E-state index is 12.9. The second-order valence-electron chi connectivity index (χ2n) is 7.51. The summed E-state index contributed by atoms with van der Waals surface area (Å²) in [4.78, 5) is 6.90. The van der Waals surface area contributed by atoms with Gasteiger partial charge in [0.2, 0.25) is 15.9 Å². The molecule has 0 N–H and O–H groups in total. The number of nitrogens with zero attached hydrogens (tertiary/aromatic N) is 4. The average Bonchev–Trinajstić information content (AvgIpc) is 3.29. The Bertz CT molecular complexity index is 1120. The van der Waals surface area contributed by atoms with Crippen molar-refractivity contribution in [2.75, 3.05) is 13.1 Å². The van der Waals surface area contributed by atoms with E-state index in [0.717, 1.165) is 42.0 Å². The summed E-state index contributed by atoms with van der Waals surface area (Å²) in [5.41, 5.74) is 1.25. The molecule has 10 heteroatoms. The second-order valence-corrected chi connectivity index (χ2v) is 11.6. The van der Waals surface area contributed by atoms with E-state index in [4.69, 9.17) is 4.42 Å². The Morgan fingerprint density at radius 3 is 2.58 bits per heavy atom. The molecule has 3 aromatic rings. The lowest BCUT2D eigenvalue weighted by atomic mass is 10.2. The van der Waals surface area contributed by atoms with Gasteiger partial charge in [-0.05, 0) is 49.9 Å². The number of sulfonamides is 1. The first-order valence-corrected chi connectivity index (χ1v) is 13.7. The molecular formula is C21H26N4O3S3. The molecule has 0 atom stereocenters. The summed E-state index contributed by atoms with van der Waals surface area (Å²) in [6.45, 7) is 5.40. The summed E-state index contributed by atoms with van der Waals surface area (Å²) < 4.78 is 33.1. The van der Waals surface area contributed by atoms with Gasteiger partial charge in [-0.15, -0.1) is 21.5 Å². The summed E-state index contributed by atoms with van der Waals surface area (Å²) in [5, 5.41) is 9.02. The van der Waals surface area contributed by atoms with Crippen molar-refractivity contribution >= 4 is 33.1 Å². The van der Waals surface area contributed by atoms with Crippen LogP contribution in [0.1, 0.15) is 48.9 Å². The summed E-state index contributed by atoms with van der Waals surface area (Å²) in [5.74, 6) is 1.53. The lowest BCUT2D eigenvalue weighted by Crippen LogP contribution is -2.32. The van der Waals surface area contributed by atoms with Crippen molar-refractivity contribution in [2.45, 2.75) is 61.6 Å². The molecule has 0 amide bonds. The Morgan fingerprint density at radius 1 is 1.16 bits per heavy atom. The van der Waals surface area contributed by atoms with E-state index >= 15 is 0 Å². The molecule has 1 fully saturated rings. The van der Waals surface area contributed by atoms with Crippen LogP contribution in [0.25, 0.3) is 10.8 Å². The third-order valence-electron chi connectivity index (χ3n) is 5.27. The van der Waals surface area contributed by atoms with Gasteiger partial charge in [0.25, 0.3) is 5.89 Å². The van der Waals surface area contributed by atoms with Crippen molar-refractivity contribution in [3.63, 3.8) is 0 Å². The van der Waals surface area contributed by atoms with E-state index < -0.39 is 10.0 Å². The molecule has 0 bridgehead atoms. The minimum absolute atomic E-state index is 0.249. The standard InChI is InChI=1S/C21H26N4O3S3/c1-3-17-15(2)12-18(30-17)21-24-23-19(28-21)14-29-20-9-8-16(13-22-20)31(26,27)25-10-6-4-5-7-11-25/h8-9,12-13H,3-7,10-11,14H2,1-2H3. The molecule has 0 saturated carbocycles. The van der Waals surface area contributed by atoms with E-state index in [1.165, 1.54) is 28.4 Å². The molecule has 3 aromatic heterocycles. The lowest BCUT2D eigenvalue weighted by Gasteiger charge is -2.19. The quantitative estimate of drug-likeness (QED) is 0.445. The Morgan fingerprint density at radius 2 is 1.94 bits per heavy atom. The molecule has 1 aliphatic rings. The van der Waals surface area contributed by atoms with Crippen LogP contribution in [-0.2, 0) is 22.2 Å². The zero-order chi connectivity index (χ0) is 21.8. The first-order valence-electron chi connectivity index (χ1n) is 10.5. The highest BCUT2D eigenvalue weighted by Crippen LogP contribution is 2.31. The van der Waals surface area contributed by atoms with Gasteiger partial charge in [-0.25, -0.2) is 13.4 Å². The van der Waals surface area contributed by atoms with E-state index in [0.29, 0.717) is 30.6 Å². The van der Waals surface area contributed by atoms with Crippen molar-refractivity contribution in [3.8, 4) is 10.8 Å². The van der Waals surface area contributed by atoms with Crippen molar-refractivity contribution in [2.24, 2.45) is 0 Å². The number of thiophene rings is 1. The molecule has 0 aliphatic carbocycles. The van der Waals surface area contributed by atoms with Gasteiger partial charge in [-0.3, -0.25) is 0 Å². The first kappa shape index (κ1) is 22.4. The highest BCUT2D eigenvalue weighted by molar-refractivity contribution is 7.98. The maximum absolute atomic E-state index is 12.9. The van der Waals surface area contributed by atoms with E-state index in [-0.39, 0.29) is 4.90 Å². The molecular weight excluding hydrogens is 452 g/mol. The fourth-order valence-corrected chi connectivity index (χ4v) is 6.74. The Kier molecular flexibility index (Phi) is 7.10. The molecule has 1 aliphatic heterocycles. The SMILES string of the molecule is CCc1sc(-c2nnc(CSc3ccc(S(=O)(=O)N4CCCCCC4)cn3)o2)cc1C. The number of pyridine rings is 1. The zero-order valence-electron chi connectivity index (χ0n) is 17.7. The highest BCUT2D eigenvalue weighted by Gasteiger charge is 2.25. The van der Waals surface area contributed by atoms with Crippen molar-refractivity contribution in [3.05, 3.63) is 40.7 Å². The van der Waals surface area contributed by atoms with Crippen molar-refractivity contribution < 1.29 is 12.8 Å². The van der Waals surface area contributed by atoms with E-state index in [1.807, 2.05) is 0 Å². The van der Waals surface area contributed by atoms with Gasteiger partial charge in [0.1, 0.15) is 4.90 Å². The Labute approximate surface area is 191 Å². The van der Waals surface area contributed by atoms with Crippen LogP contribution in [0.2, 0.25) is 0 Å². The fourth-order valence-electron chi connectivity index (χ4n) is 3.56. The number of thioether (sulfide) groups is 1. The van der Waals surface area contributed by atoms with Crippen molar-refractivity contribution in [1.29, 1.82) is 0 Å². The largest absolute Gasteiger partial charge is 0.419 e. The zero-order valence-corrected chi connectivity index (χ0v) is 20.2. The summed E-state index contributed by atoms with van der Waals surface area (Å²) in [6.07, 6.45) is 6.44. The first-order chi connectivity index (χ1) is 15.0. The monoisotopic (exact) mass is 478 g/mol. The number of aryl methyl sites for hydroxylation is 2. The van der Waals surface area contributed by atoms with Crippen molar-refractivity contribution in [1.82, 2.24) is 19.5 Å². The highest BCUT2D eigenvalue weighted by atomic mass is 32.2. The molecule has 4 rings (SSSR count). The summed E-state index contributed by atoms with van der Waals surface area (Å²) >= 11 is 3.12. The molecule has 0 aromatic carbocycles. The lowest BCUT2D eigenvalue weighted by molar-refractivity contribution is 0.423. The molecule has 1 saturated heterocycles. The third kappa shape index (κ3) is 5.19. The molecule has 31 heavy (non-hydrogen) atoms. The average molecular weight is 479 g/mol. The minimum Gasteiger partial charge on any atom is -0.419 e. The molecule has 4 heterocycles. The Balaban J connectivity index is 1.39. The minimum atomic E-state index is -3.48. The molecule has 0 radical (unpaired) electrons. The third-order valence-corrected chi connectivity index (χ3v) is 9.46. The van der Waals surface area contributed by atoms with E-state index in [9.17, 15) is 8.42 Å². The van der Waals surface area contributed by atoms with Crippen LogP contribution in [0.5, 0.6) is 0 Å². The predicted molar refractivity (Wildman–Crippen MR) is 123 cm³/mol. The van der Waals surface area contributed by atoms with Crippen LogP contribution in [0.4, 0.5) is 0 Å².